The van der Waals surface area contributed by atoms with Gasteiger partial charge < -0.3 is 10.1 Å². The topological polar surface area (TPSA) is 48.9 Å². The second-order valence-electron chi connectivity index (χ2n) is 3.26. The lowest BCUT2D eigenvalue weighted by Gasteiger charge is -2.00. The number of halogens is 1. The summed E-state index contributed by atoms with van der Waals surface area (Å²) in [6.07, 6.45) is 2.59. The van der Waals surface area contributed by atoms with Crippen LogP contribution in [-0.4, -0.2) is 15.1 Å². The third kappa shape index (κ3) is 1.83. The van der Waals surface area contributed by atoms with E-state index in [1.54, 1.807) is 6.20 Å². The maximum atomic E-state index is 12.7. The van der Waals surface area contributed by atoms with Gasteiger partial charge in [0, 0.05) is 12.3 Å². The zero-order valence-electron chi connectivity index (χ0n) is 8.29. The van der Waals surface area contributed by atoms with Crippen LogP contribution in [0.25, 0.3) is 11.4 Å². The van der Waals surface area contributed by atoms with E-state index in [0.717, 1.165) is 18.2 Å². The van der Waals surface area contributed by atoms with Crippen LogP contribution in [0.2, 0.25) is 0 Å². The van der Waals surface area contributed by atoms with Crippen LogP contribution in [-0.2, 0) is 6.42 Å². The number of phenolic OH excluding ortho intramolecular Hbond substituents is 1. The number of H-pyrrole nitrogens is 1. The van der Waals surface area contributed by atoms with Crippen molar-refractivity contribution in [1.82, 2.24) is 9.97 Å². The molecule has 0 aliphatic rings. The number of aromatic amines is 1. The van der Waals surface area contributed by atoms with Crippen LogP contribution in [0.4, 0.5) is 4.39 Å². The summed E-state index contributed by atoms with van der Waals surface area (Å²) >= 11 is 0. The maximum absolute atomic E-state index is 12.7. The van der Waals surface area contributed by atoms with E-state index in [1.165, 1.54) is 12.1 Å². The number of nitrogens with one attached hydrogen (secondary N) is 1. The average Bonchev–Trinajstić information content (AvgIpc) is 2.66. The van der Waals surface area contributed by atoms with Gasteiger partial charge in [0.15, 0.2) is 0 Å². The minimum absolute atomic E-state index is 0.105. The van der Waals surface area contributed by atoms with Crippen LogP contribution < -0.4 is 0 Å². The molecular formula is C11H11FN2O. The predicted molar refractivity (Wildman–Crippen MR) is 55.0 cm³/mol. The largest absolute Gasteiger partial charge is 0.507 e. The molecule has 2 rings (SSSR count). The molecule has 0 spiro atoms. The second kappa shape index (κ2) is 3.73. The molecule has 0 atom stereocenters. The number of imidazole rings is 1. The lowest BCUT2D eigenvalue weighted by atomic mass is 10.2. The lowest BCUT2D eigenvalue weighted by Crippen LogP contribution is -1.84. The number of aromatic nitrogens is 2. The Kier molecular flexibility index (Phi) is 2.41. The third-order valence-electron chi connectivity index (χ3n) is 2.21. The van der Waals surface area contributed by atoms with E-state index in [4.69, 9.17) is 0 Å². The highest BCUT2D eigenvalue weighted by atomic mass is 19.1. The van der Waals surface area contributed by atoms with E-state index in [-0.39, 0.29) is 5.75 Å². The van der Waals surface area contributed by atoms with Crippen LogP contribution in [0.1, 0.15) is 12.6 Å². The molecule has 0 fully saturated rings. The summed E-state index contributed by atoms with van der Waals surface area (Å²) < 4.78 is 12.7. The Morgan fingerprint density at radius 3 is 2.87 bits per heavy atom. The van der Waals surface area contributed by atoms with Gasteiger partial charge in [0.05, 0.1) is 11.3 Å². The quantitative estimate of drug-likeness (QED) is 0.793. The monoisotopic (exact) mass is 206 g/mol. The molecule has 4 heteroatoms. The van der Waals surface area contributed by atoms with Gasteiger partial charge in [-0.2, -0.15) is 0 Å². The van der Waals surface area contributed by atoms with Gasteiger partial charge in [0.2, 0.25) is 0 Å². The van der Waals surface area contributed by atoms with Gasteiger partial charge in [-0.3, -0.25) is 0 Å². The van der Waals surface area contributed by atoms with Gasteiger partial charge >= 0.3 is 0 Å². The fourth-order valence-electron chi connectivity index (χ4n) is 1.38. The molecule has 0 aliphatic heterocycles. The second-order valence-corrected chi connectivity index (χ2v) is 3.26. The smallest absolute Gasteiger partial charge is 0.141 e. The number of nitrogens with zero attached hydrogens (tertiary/aromatic N) is 1. The minimum atomic E-state index is -0.460. The number of aryl methyl sites for hydroxylation is 1. The highest BCUT2D eigenvalue weighted by molar-refractivity contribution is 5.63. The molecule has 0 bridgehead atoms. The summed E-state index contributed by atoms with van der Waals surface area (Å²) in [5.74, 6) is -0.00475. The molecule has 78 valence electrons. The maximum Gasteiger partial charge on any atom is 0.141 e. The van der Waals surface area contributed by atoms with Gasteiger partial charge in [0.25, 0.3) is 0 Å². The summed E-state index contributed by atoms with van der Waals surface area (Å²) in [6, 6.07) is 3.87. The highest BCUT2D eigenvalue weighted by Crippen LogP contribution is 2.27. The fraction of sp³-hybridized carbons (Fsp3) is 0.182. The standard InChI is InChI=1S/C11H11FN2O/c1-2-8-6-13-11(14-8)9-4-3-7(12)5-10(9)15/h3-6,15H,2H2,1H3,(H,13,14). The molecule has 1 heterocycles. The van der Waals surface area contributed by atoms with E-state index in [2.05, 4.69) is 9.97 Å². The Morgan fingerprint density at radius 1 is 1.47 bits per heavy atom. The Hall–Kier alpha value is -1.84. The minimum Gasteiger partial charge on any atom is -0.507 e. The van der Waals surface area contributed by atoms with Crippen molar-refractivity contribution in [2.75, 3.05) is 0 Å². The molecule has 0 aliphatic carbocycles. The van der Waals surface area contributed by atoms with Crippen molar-refractivity contribution in [3.8, 4) is 17.1 Å². The number of benzene rings is 1. The first-order valence-corrected chi connectivity index (χ1v) is 4.74. The summed E-state index contributed by atoms with van der Waals surface area (Å²) in [6.45, 7) is 1.99. The molecule has 0 amide bonds. The van der Waals surface area contributed by atoms with Gasteiger partial charge in [-0.25, -0.2) is 9.37 Å². The van der Waals surface area contributed by atoms with E-state index in [0.29, 0.717) is 11.4 Å². The van der Waals surface area contributed by atoms with Crippen molar-refractivity contribution < 1.29 is 9.50 Å². The van der Waals surface area contributed by atoms with Crippen molar-refractivity contribution in [3.63, 3.8) is 0 Å². The van der Waals surface area contributed by atoms with E-state index < -0.39 is 5.82 Å². The molecule has 0 unspecified atom stereocenters. The third-order valence-corrected chi connectivity index (χ3v) is 2.21. The zero-order valence-corrected chi connectivity index (χ0v) is 8.29. The molecular weight excluding hydrogens is 195 g/mol. The Balaban J connectivity index is 2.44. The highest BCUT2D eigenvalue weighted by Gasteiger charge is 2.08. The van der Waals surface area contributed by atoms with E-state index in [1.807, 2.05) is 6.92 Å². The van der Waals surface area contributed by atoms with E-state index >= 15 is 0 Å². The fourth-order valence-corrected chi connectivity index (χ4v) is 1.38. The molecule has 0 saturated carbocycles. The van der Waals surface area contributed by atoms with Crippen molar-refractivity contribution in [2.24, 2.45) is 0 Å². The van der Waals surface area contributed by atoms with Crippen LogP contribution in [0.3, 0.4) is 0 Å². The van der Waals surface area contributed by atoms with Crippen LogP contribution in [0.15, 0.2) is 24.4 Å². The van der Waals surface area contributed by atoms with Crippen molar-refractivity contribution in [3.05, 3.63) is 35.9 Å². The molecule has 1 aromatic heterocycles. The first-order chi connectivity index (χ1) is 7.20. The number of hydrogen-bond donors (Lipinski definition) is 2. The predicted octanol–water partition coefficient (Wildman–Crippen LogP) is 2.48. The molecule has 2 aromatic rings. The van der Waals surface area contributed by atoms with Crippen LogP contribution in [0.5, 0.6) is 5.75 Å². The molecule has 3 nitrogen and oxygen atoms in total. The average molecular weight is 206 g/mol. The van der Waals surface area contributed by atoms with Crippen LogP contribution >= 0.6 is 0 Å². The number of hydrogen-bond acceptors (Lipinski definition) is 2. The zero-order chi connectivity index (χ0) is 10.8. The Labute approximate surface area is 86.6 Å². The summed E-state index contributed by atoms with van der Waals surface area (Å²) in [5, 5.41) is 9.53. The number of rotatable bonds is 2. The molecule has 1 aromatic carbocycles. The van der Waals surface area contributed by atoms with Gasteiger partial charge in [-0.15, -0.1) is 0 Å². The SMILES string of the molecule is CCc1c[nH]c(-c2ccc(F)cc2O)n1. The molecule has 15 heavy (non-hydrogen) atoms. The van der Waals surface area contributed by atoms with Gasteiger partial charge in [-0.1, -0.05) is 6.92 Å². The summed E-state index contributed by atoms with van der Waals surface area (Å²) in [5.41, 5.74) is 1.42. The normalized spacial score (nSPS) is 10.5. The molecule has 2 N–H and O–H groups in total. The van der Waals surface area contributed by atoms with Gasteiger partial charge in [0.1, 0.15) is 17.4 Å². The Bertz CT molecular complexity index is 479. The number of aromatic hydroxyl groups is 1. The Morgan fingerprint density at radius 2 is 2.27 bits per heavy atom. The first kappa shape index (κ1) is 9.71. The van der Waals surface area contributed by atoms with E-state index in [9.17, 15) is 9.50 Å². The summed E-state index contributed by atoms with van der Waals surface area (Å²) in [7, 11) is 0. The van der Waals surface area contributed by atoms with Crippen molar-refractivity contribution in [1.29, 1.82) is 0 Å². The van der Waals surface area contributed by atoms with Crippen LogP contribution in [0, 0.1) is 5.82 Å². The molecule has 0 radical (unpaired) electrons. The summed E-state index contributed by atoms with van der Waals surface area (Å²) in [4.78, 5) is 7.19. The molecule has 0 saturated heterocycles. The lowest BCUT2D eigenvalue weighted by molar-refractivity contribution is 0.471. The van der Waals surface area contributed by atoms with Gasteiger partial charge in [-0.05, 0) is 18.6 Å². The van der Waals surface area contributed by atoms with Crippen molar-refractivity contribution >= 4 is 0 Å². The first-order valence-electron chi connectivity index (χ1n) is 4.74. The van der Waals surface area contributed by atoms with Crippen molar-refractivity contribution in [2.45, 2.75) is 13.3 Å². The number of phenols is 1.